The Morgan fingerprint density at radius 3 is 2.74 bits per heavy atom. The van der Waals surface area contributed by atoms with Crippen molar-refractivity contribution in [2.45, 2.75) is 24.9 Å². The number of amides is 1. The molecule has 1 atom stereocenters. The van der Waals surface area contributed by atoms with E-state index in [1.807, 2.05) is 11.0 Å². The van der Waals surface area contributed by atoms with Gasteiger partial charge in [0.2, 0.25) is 0 Å². The molecule has 0 unspecified atom stereocenters. The molecule has 3 aromatic rings. The van der Waals surface area contributed by atoms with Crippen LogP contribution in [0.15, 0.2) is 42.7 Å². The highest BCUT2D eigenvalue weighted by atomic mass is 19.4. The van der Waals surface area contributed by atoms with Gasteiger partial charge in [0, 0.05) is 44.4 Å². The summed E-state index contributed by atoms with van der Waals surface area (Å²) in [4.78, 5) is 14.4. The molecule has 0 spiro atoms. The summed E-state index contributed by atoms with van der Waals surface area (Å²) in [5, 5.41) is 11.4. The Kier molecular flexibility index (Phi) is 5.71. The van der Waals surface area contributed by atoms with Crippen molar-refractivity contribution >= 4 is 5.91 Å². The van der Waals surface area contributed by atoms with Gasteiger partial charge in [-0.05, 0) is 36.8 Å². The molecule has 1 aliphatic rings. The highest BCUT2D eigenvalue weighted by molar-refractivity contribution is 5.94. The minimum atomic E-state index is -4.36. The first kappa shape index (κ1) is 21.0. The fourth-order valence-corrected chi connectivity index (χ4v) is 3.64. The van der Waals surface area contributed by atoms with Crippen molar-refractivity contribution in [3.05, 3.63) is 65.2 Å². The summed E-state index contributed by atoms with van der Waals surface area (Å²) in [6, 6.07) is 6.59. The highest BCUT2D eigenvalue weighted by Crippen LogP contribution is 2.30. The van der Waals surface area contributed by atoms with Crippen LogP contribution in [0, 0.1) is 0 Å². The van der Waals surface area contributed by atoms with E-state index in [9.17, 15) is 18.0 Å². The van der Waals surface area contributed by atoms with Crippen LogP contribution in [0.25, 0.3) is 0 Å². The van der Waals surface area contributed by atoms with Crippen molar-refractivity contribution in [2.24, 2.45) is 7.05 Å². The number of aromatic amines is 1. The van der Waals surface area contributed by atoms with E-state index in [0.717, 1.165) is 29.9 Å². The van der Waals surface area contributed by atoms with Crippen LogP contribution >= 0.6 is 0 Å². The molecule has 31 heavy (non-hydrogen) atoms. The maximum absolute atomic E-state index is 12.6. The third kappa shape index (κ3) is 4.89. The number of hydrogen-bond acceptors (Lipinski definition) is 4. The lowest BCUT2D eigenvalue weighted by molar-refractivity contribution is -0.137. The van der Waals surface area contributed by atoms with Gasteiger partial charge < -0.3 is 9.64 Å². The Balaban J connectivity index is 1.27. The van der Waals surface area contributed by atoms with Gasteiger partial charge in [0.05, 0.1) is 29.6 Å². The van der Waals surface area contributed by atoms with E-state index < -0.39 is 11.7 Å². The summed E-state index contributed by atoms with van der Waals surface area (Å²) in [5.41, 5.74) is 1.64. The summed E-state index contributed by atoms with van der Waals surface area (Å²) in [6.07, 6.45) is 0.290. The van der Waals surface area contributed by atoms with Gasteiger partial charge >= 0.3 is 6.18 Å². The number of hydrogen-bond donors (Lipinski definition) is 1. The fraction of sp³-hybridized carbons (Fsp3) is 0.381. The fourth-order valence-electron chi connectivity index (χ4n) is 3.64. The summed E-state index contributed by atoms with van der Waals surface area (Å²) >= 11 is 0. The van der Waals surface area contributed by atoms with Crippen LogP contribution in [0.5, 0.6) is 5.75 Å². The summed E-state index contributed by atoms with van der Waals surface area (Å²) < 4.78 is 44.9. The molecule has 3 heterocycles. The predicted molar refractivity (Wildman–Crippen MR) is 106 cm³/mol. The summed E-state index contributed by atoms with van der Waals surface area (Å²) in [5.74, 6) is 0.505. The van der Waals surface area contributed by atoms with Gasteiger partial charge in [0.1, 0.15) is 5.75 Å². The van der Waals surface area contributed by atoms with Gasteiger partial charge in [-0.25, -0.2) is 0 Å². The van der Waals surface area contributed by atoms with Gasteiger partial charge in [-0.1, -0.05) is 0 Å². The first-order chi connectivity index (χ1) is 14.8. The molecule has 0 bridgehead atoms. The maximum Gasteiger partial charge on any atom is 0.416 e. The second kappa shape index (κ2) is 8.44. The number of carbonyl (C=O) groups is 1. The Morgan fingerprint density at radius 1 is 1.29 bits per heavy atom. The van der Waals surface area contributed by atoms with E-state index in [4.69, 9.17) is 4.74 Å². The lowest BCUT2D eigenvalue weighted by Crippen LogP contribution is -2.28. The monoisotopic (exact) mass is 433 g/mol. The van der Waals surface area contributed by atoms with Crippen molar-refractivity contribution in [1.29, 1.82) is 0 Å². The molecule has 2 aromatic heterocycles. The molecule has 7 nitrogen and oxygen atoms in total. The second-order valence-electron chi connectivity index (χ2n) is 7.58. The molecule has 10 heteroatoms. The number of alkyl halides is 3. The van der Waals surface area contributed by atoms with Gasteiger partial charge in [0.25, 0.3) is 5.91 Å². The Labute approximate surface area is 176 Å². The standard InChI is InChI=1S/C21H22F3N5O2/c1-28-12-15(11-25-28)20(30)29-8-6-14(13-29)19-10-17(26-27-19)7-9-31-18-4-2-16(3-5-18)21(22,23)24/h2-5,10-12,14H,6-9,13H2,1H3,(H,26,27)/t14-/m0/s1. The molecule has 1 aliphatic heterocycles. The molecule has 0 saturated carbocycles. The number of ether oxygens (including phenoxy) is 1. The first-order valence-electron chi connectivity index (χ1n) is 9.92. The highest BCUT2D eigenvalue weighted by Gasteiger charge is 2.31. The number of rotatable bonds is 6. The van der Waals surface area contributed by atoms with Crippen LogP contribution in [0.3, 0.4) is 0 Å². The molecule has 1 aromatic carbocycles. The zero-order chi connectivity index (χ0) is 22.0. The van der Waals surface area contributed by atoms with Gasteiger partial charge in [-0.15, -0.1) is 0 Å². The molecule has 164 valence electrons. The minimum Gasteiger partial charge on any atom is -0.493 e. The summed E-state index contributed by atoms with van der Waals surface area (Å²) in [7, 11) is 1.77. The molecule has 0 aliphatic carbocycles. The number of halogens is 3. The third-order valence-corrected chi connectivity index (χ3v) is 5.32. The number of likely N-dealkylation sites (tertiary alicyclic amines) is 1. The average Bonchev–Trinajstić information content (AvgIpc) is 3.48. The SMILES string of the molecule is Cn1cc(C(=O)N2CC[C@H](c3cc(CCOc4ccc(C(F)(F)F)cc4)[nH]n3)C2)cn1. The minimum absolute atomic E-state index is 0.0312. The maximum atomic E-state index is 12.6. The zero-order valence-corrected chi connectivity index (χ0v) is 16.9. The Morgan fingerprint density at radius 2 is 2.06 bits per heavy atom. The lowest BCUT2D eigenvalue weighted by Gasteiger charge is -2.14. The third-order valence-electron chi connectivity index (χ3n) is 5.32. The van der Waals surface area contributed by atoms with E-state index in [1.54, 1.807) is 24.1 Å². The van der Waals surface area contributed by atoms with Crippen molar-refractivity contribution in [3.63, 3.8) is 0 Å². The van der Waals surface area contributed by atoms with E-state index >= 15 is 0 Å². The molecule has 1 amide bonds. The van der Waals surface area contributed by atoms with Crippen molar-refractivity contribution in [3.8, 4) is 5.75 Å². The topological polar surface area (TPSA) is 76.0 Å². The molecule has 4 rings (SSSR count). The number of carbonyl (C=O) groups excluding carboxylic acids is 1. The molecular formula is C21H22F3N5O2. The van der Waals surface area contributed by atoms with Gasteiger partial charge in [-0.3, -0.25) is 14.6 Å². The normalized spacial score (nSPS) is 16.6. The van der Waals surface area contributed by atoms with Crippen molar-refractivity contribution in [2.75, 3.05) is 19.7 Å². The number of nitrogens with one attached hydrogen (secondary N) is 1. The lowest BCUT2D eigenvalue weighted by atomic mass is 10.0. The number of benzene rings is 1. The van der Waals surface area contributed by atoms with Gasteiger partial charge in [0.15, 0.2) is 0 Å². The van der Waals surface area contributed by atoms with E-state index in [0.29, 0.717) is 37.4 Å². The van der Waals surface area contributed by atoms with Crippen LogP contribution < -0.4 is 4.74 Å². The second-order valence-corrected chi connectivity index (χ2v) is 7.58. The van der Waals surface area contributed by atoms with E-state index in [-0.39, 0.29) is 11.8 Å². The van der Waals surface area contributed by atoms with Crippen LogP contribution in [-0.2, 0) is 19.6 Å². The van der Waals surface area contributed by atoms with E-state index in [2.05, 4.69) is 15.3 Å². The first-order valence-corrected chi connectivity index (χ1v) is 9.92. The molecule has 0 radical (unpaired) electrons. The zero-order valence-electron chi connectivity index (χ0n) is 16.9. The van der Waals surface area contributed by atoms with E-state index in [1.165, 1.54) is 12.1 Å². The number of aromatic nitrogens is 4. The largest absolute Gasteiger partial charge is 0.493 e. The van der Waals surface area contributed by atoms with Crippen LogP contribution in [0.4, 0.5) is 13.2 Å². The number of aryl methyl sites for hydroxylation is 1. The predicted octanol–water partition coefficient (Wildman–Crippen LogP) is 3.41. The molecular weight excluding hydrogens is 411 g/mol. The van der Waals surface area contributed by atoms with Gasteiger partial charge in [-0.2, -0.15) is 23.4 Å². The van der Waals surface area contributed by atoms with Crippen molar-refractivity contribution < 1.29 is 22.7 Å². The van der Waals surface area contributed by atoms with Crippen LogP contribution in [-0.4, -0.2) is 50.5 Å². The molecule has 1 saturated heterocycles. The molecule has 1 N–H and O–H groups in total. The Hall–Kier alpha value is -3.30. The van der Waals surface area contributed by atoms with Crippen LogP contribution in [0.2, 0.25) is 0 Å². The van der Waals surface area contributed by atoms with Crippen molar-refractivity contribution in [1.82, 2.24) is 24.9 Å². The quantitative estimate of drug-likeness (QED) is 0.647. The Bertz CT molecular complexity index is 1040. The van der Waals surface area contributed by atoms with Crippen LogP contribution in [0.1, 0.15) is 39.6 Å². The smallest absolute Gasteiger partial charge is 0.416 e. The average molecular weight is 433 g/mol. The molecule has 1 fully saturated rings. The number of nitrogens with zero attached hydrogens (tertiary/aromatic N) is 4. The number of H-pyrrole nitrogens is 1. The summed E-state index contributed by atoms with van der Waals surface area (Å²) in [6.45, 7) is 1.57.